The maximum absolute atomic E-state index is 12.5. The van der Waals surface area contributed by atoms with Crippen molar-refractivity contribution in [3.8, 4) is 0 Å². The van der Waals surface area contributed by atoms with Crippen molar-refractivity contribution in [1.29, 1.82) is 0 Å². The van der Waals surface area contributed by atoms with Crippen LogP contribution in [0.15, 0.2) is 36.4 Å². The number of hydrogen-bond acceptors (Lipinski definition) is 4. The molecule has 0 aromatic heterocycles. The quantitative estimate of drug-likeness (QED) is 0.648. The average molecular weight is 356 g/mol. The third-order valence-corrected chi connectivity index (χ3v) is 3.64. The third kappa shape index (κ3) is 3.86. The van der Waals surface area contributed by atoms with Gasteiger partial charge in [-0.05, 0) is 31.2 Å². The second-order valence-electron chi connectivity index (χ2n) is 5.45. The van der Waals surface area contributed by atoms with Gasteiger partial charge in [0.2, 0.25) is 0 Å². The Bertz CT molecular complexity index is 903. The lowest BCUT2D eigenvalue weighted by Gasteiger charge is -2.12. The van der Waals surface area contributed by atoms with Crippen molar-refractivity contribution in [3.63, 3.8) is 0 Å². The molecule has 8 nitrogen and oxygen atoms in total. The molecule has 0 bridgehead atoms. The topological polar surface area (TPSA) is 133 Å². The zero-order chi connectivity index (χ0) is 19.4. The van der Waals surface area contributed by atoms with Crippen molar-refractivity contribution in [1.82, 2.24) is 5.32 Å². The van der Waals surface area contributed by atoms with Crippen molar-refractivity contribution in [2.45, 2.75) is 6.92 Å². The second-order valence-corrected chi connectivity index (χ2v) is 5.45. The van der Waals surface area contributed by atoms with E-state index in [1.165, 1.54) is 7.05 Å². The Hall–Kier alpha value is -3.68. The number of carbonyl (C=O) groups excluding carboxylic acids is 2. The van der Waals surface area contributed by atoms with Crippen LogP contribution in [0.4, 0.5) is 5.69 Å². The highest BCUT2D eigenvalue weighted by Gasteiger charge is 2.25. The van der Waals surface area contributed by atoms with Crippen molar-refractivity contribution in [3.05, 3.63) is 64.2 Å². The van der Waals surface area contributed by atoms with Gasteiger partial charge >= 0.3 is 11.9 Å². The van der Waals surface area contributed by atoms with Gasteiger partial charge in [-0.15, -0.1) is 0 Å². The van der Waals surface area contributed by atoms with Crippen molar-refractivity contribution in [2.75, 3.05) is 12.4 Å². The van der Waals surface area contributed by atoms with E-state index in [9.17, 15) is 29.4 Å². The maximum Gasteiger partial charge on any atom is 0.336 e. The van der Waals surface area contributed by atoms with Crippen LogP contribution >= 0.6 is 0 Å². The van der Waals surface area contributed by atoms with E-state index in [0.717, 1.165) is 17.7 Å². The minimum atomic E-state index is -1.48. The van der Waals surface area contributed by atoms with Gasteiger partial charge in [0.25, 0.3) is 11.8 Å². The molecule has 2 aromatic carbocycles. The normalized spacial score (nSPS) is 10.1. The number of aryl methyl sites for hydroxylation is 1. The molecule has 2 amide bonds. The van der Waals surface area contributed by atoms with Crippen LogP contribution in [0.2, 0.25) is 0 Å². The van der Waals surface area contributed by atoms with Gasteiger partial charge in [-0.1, -0.05) is 17.7 Å². The summed E-state index contributed by atoms with van der Waals surface area (Å²) in [5, 5.41) is 23.4. The van der Waals surface area contributed by atoms with Crippen LogP contribution in [-0.4, -0.2) is 41.0 Å². The Balaban J connectivity index is 2.55. The first-order valence-electron chi connectivity index (χ1n) is 7.49. The Morgan fingerprint density at radius 1 is 0.769 bits per heavy atom. The van der Waals surface area contributed by atoms with Crippen molar-refractivity contribution < 1.29 is 29.4 Å². The molecule has 26 heavy (non-hydrogen) atoms. The van der Waals surface area contributed by atoms with Crippen LogP contribution < -0.4 is 10.6 Å². The Labute approximate surface area is 148 Å². The standard InChI is InChI=1S/C18H16N2O6/c1-9-3-5-10(6-4-9)20-16(22)12-7-11(15(21)19-2)13(17(23)24)8-14(12)18(25)26/h3-8H,1-2H3,(H,19,21)(H,20,22)(H,23,24)(H,25,26). The van der Waals surface area contributed by atoms with Crippen LogP contribution in [0.5, 0.6) is 0 Å². The number of anilines is 1. The van der Waals surface area contributed by atoms with Crippen molar-refractivity contribution >= 4 is 29.4 Å². The highest BCUT2D eigenvalue weighted by Crippen LogP contribution is 2.20. The number of carbonyl (C=O) groups is 4. The first-order valence-corrected chi connectivity index (χ1v) is 7.49. The van der Waals surface area contributed by atoms with Crippen LogP contribution in [0.25, 0.3) is 0 Å². The van der Waals surface area contributed by atoms with E-state index >= 15 is 0 Å². The van der Waals surface area contributed by atoms with E-state index in [1.807, 2.05) is 6.92 Å². The lowest BCUT2D eigenvalue weighted by atomic mass is 9.97. The van der Waals surface area contributed by atoms with Gasteiger partial charge < -0.3 is 20.8 Å². The fourth-order valence-corrected chi connectivity index (χ4v) is 2.30. The fraction of sp³-hybridized carbons (Fsp3) is 0.111. The van der Waals surface area contributed by atoms with E-state index in [1.54, 1.807) is 24.3 Å². The lowest BCUT2D eigenvalue weighted by molar-refractivity contribution is 0.0689. The highest BCUT2D eigenvalue weighted by molar-refractivity contribution is 6.14. The van der Waals surface area contributed by atoms with Gasteiger partial charge in [-0.25, -0.2) is 9.59 Å². The van der Waals surface area contributed by atoms with E-state index in [2.05, 4.69) is 10.6 Å². The molecule has 0 heterocycles. The van der Waals surface area contributed by atoms with E-state index in [-0.39, 0.29) is 11.1 Å². The Morgan fingerprint density at radius 3 is 1.69 bits per heavy atom. The highest BCUT2D eigenvalue weighted by atomic mass is 16.4. The predicted octanol–water partition coefficient (Wildman–Crippen LogP) is 2.00. The molecule has 0 unspecified atom stereocenters. The number of rotatable bonds is 5. The molecule has 0 aliphatic heterocycles. The smallest absolute Gasteiger partial charge is 0.336 e. The van der Waals surface area contributed by atoms with Gasteiger partial charge in [-0.3, -0.25) is 9.59 Å². The molecule has 0 saturated heterocycles. The molecule has 0 radical (unpaired) electrons. The van der Waals surface area contributed by atoms with E-state index < -0.39 is 34.9 Å². The van der Waals surface area contributed by atoms with Gasteiger partial charge in [0, 0.05) is 12.7 Å². The van der Waals surface area contributed by atoms with Gasteiger partial charge in [0.15, 0.2) is 0 Å². The molecule has 2 rings (SSSR count). The number of hydrogen-bond donors (Lipinski definition) is 4. The summed E-state index contributed by atoms with van der Waals surface area (Å²) < 4.78 is 0. The summed E-state index contributed by atoms with van der Waals surface area (Å²) in [6.45, 7) is 1.87. The molecule has 4 N–H and O–H groups in total. The molecular weight excluding hydrogens is 340 g/mol. The maximum atomic E-state index is 12.5. The summed E-state index contributed by atoms with van der Waals surface area (Å²) in [6.07, 6.45) is 0. The van der Waals surface area contributed by atoms with Crippen LogP contribution in [0, 0.1) is 6.92 Å². The summed E-state index contributed by atoms with van der Waals surface area (Å²) in [7, 11) is 1.30. The van der Waals surface area contributed by atoms with Crippen LogP contribution in [0.1, 0.15) is 47.0 Å². The minimum absolute atomic E-state index is 0.306. The third-order valence-electron chi connectivity index (χ3n) is 3.64. The molecule has 0 saturated carbocycles. The molecule has 0 aliphatic carbocycles. The summed E-state index contributed by atoms with van der Waals surface area (Å²) in [4.78, 5) is 47.3. The molecule has 8 heteroatoms. The summed E-state index contributed by atoms with van der Waals surface area (Å²) in [5.41, 5.74) is -0.239. The molecule has 0 atom stereocenters. The second kappa shape index (κ2) is 7.47. The fourth-order valence-electron chi connectivity index (χ4n) is 2.30. The summed E-state index contributed by atoms with van der Waals surface area (Å²) in [5.74, 6) is -4.47. The van der Waals surface area contributed by atoms with Crippen LogP contribution in [0.3, 0.4) is 0 Å². The zero-order valence-corrected chi connectivity index (χ0v) is 14.0. The van der Waals surface area contributed by atoms with Gasteiger partial charge in [0.05, 0.1) is 22.3 Å². The van der Waals surface area contributed by atoms with E-state index in [4.69, 9.17) is 0 Å². The molecule has 134 valence electrons. The first-order chi connectivity index (χ1) is 12.2. The monoisotopic (exact) mass is 356 g/mol. The Kier molecular flexibility index (Phi) is 5.36. The largest absolute Gasteiger partial charge is 0.478 e. The zero-order valence-electron chi connectivity index (χ0n) is 14.0. The molecular formula is C18H16N2O6. The van der Waals surface area contributed by atoms with Gasteiger partial charge in [-0.2, -0.15) is 0 Å². The number of nitrogens with one attached hydrogen (secondary N) is 2. The minimum Gasteiger partial charge on any atom is -0.478 e. The molecule has 0 fully saturated rings. The number of carboxylic acid groups (broad SMARTS) is 2. The summed E-state index contributed by atoms with van der Waals surface area (Å²) in [6, 6.07) is 8.57. The first kappa shape index (κ1) is 18.7. The lowest BCUT2D eigenvalue weighted by Crippen LogP contribution is -2.24. The Morgan fingerprint density at radius 2 is 1.23 bits per heavy atom. The number of benzene rings is 2. The van der Waals surface area contributed by atoms with Gasteiger partial charge in [0.1, 0.15) is 0 Å². The molecule has 0 aliphatic rings. The molecule has 2 aromatic rings. The SMILES string of the molecule is CNC(=O)c1cc(C(=O)Nc2ccc(C)cc2)c(C(=O)O)cc1C(=O)O. The number of amides is 2. The van der Waals surface area contributed by atoms with Crippen molar-refractivity contribution in [2.24, 2.45) is 0 Å². The average Bonchev–Trinajstić information content (AvgIpc) is 2.61. The van der Waals surface area contributed by atoms with E-state index in [0.29, 0.717) is 5.69 Å². The van der Waals surface area contributed by atoms with Crippen LogP contribution in [-0.2, 0) is 0 Å². The predicted molar refractivity (Wildman–Crippen MR) is 92.9 cm³/mol. The molecule has 0 spiro atoms. The summed E-state index contributed by atoms with van der Waals surface area (Å²) >= 11 is 0. The number of aromatic carboxylic acids is 2. The number of carboxylic acids is 2.